The molecule has 1 heteroatoms. The molecule has 1 aromatic carbocycles. The third-order valence-electron chi connectivity index (χ3n) is 3.02. The molecule has 0 spiro atoms. The fourth-order valence-corrected chi connectivity index (χ4v) is 2.17. The highest BCUT2D eigenvalue weighted by Crippen LogP contribution is 2.33. The Balaban J connectivity index is 2.19. The summed E-state index contributed by atoms with van der Waals surface area (Å²) < 4.78 is 0. The molecule has 0 radical (unpaired) electrons. The second-order valence-corrected chi connectivity index (χ2v) is 4.22. The highest BCUT2D eigenvalue weighted by Gasteiger charge is 2.28. The molecule has 2 rings (SSSR count). The van der Waals surface area contributed by atoms with E-state index in [-0.39, 0.29) is 5.41 Å². The van der Waals surface area contributed by atoms with Gasteiger partial charge in [0.1, 0.15) is 0 Å². The molecular formula is C14H15N. The summed E-state index contributed by atoms with van der Waals surface area (Å²) >= 11 is 0. The van der Waals surface area contributed by atoms with Crippen LogP contribution in [0.5, 0.6) is 0 Å². The van der Waals surface area contributed by atoms with Crippen molar-refractivity contribution in [2.45, 2.75) is 25.7 Å². The normalized spacial score (nSPS) is 24.7. The number of hydrogen-bond donors (Lipinski definition) is 0. The molecule has 0 N–H and O–H groups in total. The molecule has 0 aliphatic heterocycles. The van der Waals surface area contributed by atoms with Gasteiger partial charge in [0.2, 0.25) is 0 Å². The van der Waals surface area contributed by atoms with E-state index >= 15 is 0 Å². The van der Waals surface area contributed by atoms with E-state index in [4.69, 9.17) is 0 Å². The maximum absolute atomic E-state index is 9.30. The van der Waals surface area contributed by atoms with Gasteiger partial charge in [0, 0.05) is 0 Å². The highest BCUT2D eigenvalue weighted by atomic mass is 14.4. The third kappa shape index (κ3) is 2.27. The molecule has 0 heterocycles. The van der Waals surface area contributed by atoms with Crippen LogP contribution in [0.25, 0.3) is 0 Å². The highest BCUT2D eigenvalue weighted by molar-refractivity contribution is 5.24. The van der Waals surface area contributed by atoms with Crippen LogP contribution in [0.4, 0.5) is 0 Å². The maximum atomic E-state index is 9.30. The molecule has 1 aliphatic carbocycles. The molecule has 1 aromatic rings. The van der Waals surface area contributed by atoms with Gasteiger partial charge in [0.05, 0.1) is 11.5 Å². The van der Waals surface area contributed by atoms with Crippen LogP contribution in [0.1, 0.15) is 24.8 Å². The zero-order valence-corrected chi connectivity index (χ0v) is 8.82. The number of rotatable bonds is 2. The zero-order valence-electron chi connectivity index (χ0n) is 8.82. The standard InChI is InChI=1S/C14H15N/c15-12-14(9-5-2-6-10-14)11-13-7-3-1-4-8-13/h1,3-5,7-9H,2,6,10-11H2. The topological polar surface area (TPSA) is 23.8 Å². The molecule has 1 nitrogen and oxygen atoms in total. The average Bonchev–Trinajstić information content (AvgIpc) is 2.32. The Kier molecular flexibility index (Phi) is 2.87. The Morgan fingerprint density at radius 2 is 2.07 bits per heavy atom. The summed E-state index contributed by atoms with van der Waals surface area (Å²) in [6.07, 6.45) is 8.35. The van der Waals surface area contributed by atoms with E-state index in [1.807, 2.05) is 18.2 Å². The van der Waals surface area contributed by atoms with Crippen molar-refractivity contribution in [3.63, 3.8) is 0 Å². The van der Waals surface area contributed by atoms with Gasteiger partial charge < -0.3 is 0 Å². The minimum atomic E-state index is -0.250. The fourth-order valence-electron chi connectivity index (χ4n) is 2.17. The van der Waals surface area contributed by atoms with Crippen molar-refractivity contribution >= 4 is 0 Å². The van der Waals surface area contributed by atoms with Gasteiger partial charge in [-0.15, -0.1) is 0 Å². The SMILES string of the molecule is N#CC1(Cc2ccccc2)C=CCCC1. The van der Waals surface area contributed by atoms with E-state index in [1.54, 1.807) is 0 Å². The van der Waals surface area contributed by atoms with Gasteiger partial charge in [-0.3, -0.25) is 0 Å². The Hall–Kier alpha value is -1.55. The maximum Gasteiger partial charge on any atom is 0.0793 e. The molecule has 0 amide bonds. The van der Waals surface area contributed by atoms with Gasteiger partial charge in [0.15, 0.2) is 0 Å². The van der Waals surface area contributed by atoms with Crippen molar-refractivity contribution in [1.29, 1.82) is 5.26 Å². The summed E-state index contributed by atoms with van der Waals surface area (Å²) in [4.78, 5) is 0. The molecule has 0 saturated heterocycles. The van der Waals surface area contributed by atoms with E-state index in [0.717, 1.165) is 25.7 Å². The van der Waals surface area contributed by atoms with Crippen LogP contribution in [0.15, 0.2) is 42.5 Å². The van der Waals surface area contributed by atoms with Crippen molar-refractivity contribution < 1.29 is 0 Å². The monoisotopic (exact) mass is 197 g/mol. The molecule has 0 aromatic heterocycles. The van der Waals surface area contributed by atoms with Gasteiger partial charge in [-0.05, 0) is 31.2 Å². The van der Waals surface area contributed by atoms with Gasteiger partial charge in [0.25, 0.3) is 0 Å². The minimum absolute atomic E-state index is 0.250. The van der Waals surface area contributed by atoms with Crippen molar-refractivity contribution in [2.75, 3.05) is 0 Å². The first-order valence-corrected chi connectivity index (χ1v) is 5.48. The van der Waals surface area contributed by atoms with E-state index in [9.17, 15) is 5.26 Å². The molecule has 1 atom stereocenters. The van der Waals surface area contributed by atoms with E-state index in [2.05, 4.69) is 30.4 Å². The molecular weight excluding hydrogens is 182 g/mol. The van der Waals surface area contributed by atoms with Gasteiger partial charge >= 0.3 is 0 Å². The largest absolute Gasteiger partial charge is 0.197 e. The first-order valence-electron chi connectivity index (χ1n) is 5.48. The first-order chi connectivity index (χ1) is 7.35. The fraction of sp³-hybridized carbons (Fsp3) is 0.357. The lowest BCUT2D eigenvalue weighted by Crippen LogP contribution is -2.21. The lowest BCUT2D eigenvalue weighted by Gasteiger charge is -2.25. The second kappa shape index (κ2) is 4.31. The van der Waals surface area contributed by atoms with E-state index in [1.165, 1.54) is 5.56 Å². The molecule has 0 saturated carbocycles. The van der Waals surface area contributed by atoms with Crippen LogP contribution in [0, 0.1) is 16.7 Å². The summed E-state index contributed by atoms with van der Waals surface area (Å²) in [5, 5.41) is 9.30. The van der Waals surface area contributed by atoms with E-state index in [0.29, 0.717) is 0 Å². The van der Waals surface area contributed by atoms with Crippen molar-refractivity contribution in [2.24, 2.45) is 5.41 Å². The molecule has 0 fully saturated rings. The van der Waals surface area contributed by atoms with Crippen LogP contribution >= 0.6 is 0 Å². The third-order valence-corrected chi connectivity index (χ3v) is 3.02. The van der Waals surface area contributed by atoms with Crippen molar-refractivity contribution in [1.82, 2.24) is 0 Å². The summed E-state index contributed by atoms with van der Waals surface area (Å²) in [5.41, 5.74) is 1.00. The van der Waals surface area contributed by atoms with Crippen molar-refractivity contribution in [3.05, 3.63) is 48.0 Å². The first kappa shape index (κ1) is 9.98. The summed E-state index contributed by atoms with van der Waals surface area (Å²) in [6, 6.07) is 12.8. The Morgan fingerprint density at radius 3 is 2.67 bits per heavy atom. The lowest BCUT2D eigenvalue weighted by atomic mass is 9.76. The summed E-state index contributed by atoms with van der Waals surface area (Å²) in [5.74, 6) is 0. The number of allylic oxidation sites excluding steroid dienone is 2. The quantitative estimate of drug-likeness (QED) is 0.666. The molecule has 1 aliphatic rings. The number of nitriles is 1. The van der Waals surface area contributed by atoms with Crippen molar-refractivity contribution in [3.8, 4) is 6.07 Å². The average molecular weight is 197 g/mol. The van der Waals surface area contributed by atoms with Crippen LogP contribution in [-0.4, -0.2) is 0 Å². The van der Waals surface area contributed by atoms with Gasteiger partial charge in [-0.25, -0.2) is 0 Å². The molecule has 76 valence electrons. The second-order valence-electron chi connectivity index (χ2n) is 4.22. The molecule has 1 unspecified atom stereocenters. The van der Waals surface area contributed by atoms with Crippen LogP contribution in [0.3, 0.4) is 0 Å². The van der Waals surface area contributed by atoms with Crippen LogP contribution in [0.2, 0.25) is 0 Å². The van der Waals surface area contributed by atoms with Crippen LogP contribution < -0.4 is 0 Å². The van der Waals surface area contributed by atoms with Gasteiger partial charge in [-0.2, -0.15) is 5.26 Å². The lowest BCUT2D eigenvalue weighted by molar-refractivity contribution is 0.427. The molecule has 15 heavy (non-hydrogen) atoms. The predicted molar refractivity (Wildman–Crippen MR) is 61.2 cm³/mol. The predicted octanol–water partition coefficient (Wildman–Crippen LogP) is 3.48. The van der Waals surface area contributed by atoms with Gasteiger partial charge in [-0.1, -0.05) is 42.5 Å². The van der Waals surface area contributed by atoms with Crippen LogP contribution in [-0.2, 0) is 6.42 Å². The Bertz CT molecular complexity index is 386. The zero-order chi connectivity index (χ0) is 10.6. The van der Waals surface area contributed by atoms with E-state index < -0.39 is 0 Å². The smallest absolute Gasteiger partial charge is 0.0793 e. The Morgan fingerprint density at radius 1 is 1.27 bits per heavy atom. The number of hydrogen-bond acceptors (Lipinski definition) is 1. The Labute approximate surface area is 91.0 Å². The minimum Gasteiger partial charge on any atom is -0.197 e. The summed E-state index contributed by atoms with van der Waals surface area (Å²) in [7, 11) is 0. The number of nitrogens with zero attached hydrogens (tertiary/aromatic N) is 1. The summed E-state index contributed by atoms with van der Waals surface area (Å²) in [6.45, 7) is 0. The number of benzene rings is 1. The molecule has 0 bridgehead atoms.